The van der Waals surface area contributed by atoms with E-state index in [4.69, 9.17) is 17.3 Å². The Morgan fingerprint density at radius 3 is 3.00 bits per heavy atom. The molecule has 2 rings (SSSR count). The van der Waals surface area contributed by atoms with E-state index in [2.05, 4.69) is 16.0 Å². The van der Waals surface area contributed by atoms with Crippen LogP contribution in [0, 0.1) is 6.92 Å². The Morgan fingerprint density at radius 1 is 1.44 bits per heavy atom. The lowest BCUT2D eigenvalue weighted by molar-refractivity contribution is 0.592. The Labute approximate surface area is 102 Å². The van der Waals surface area contributed by atoms with Gasteiger partial charge in [0.05, 0.1) is 18.1 Å². The quantitative estimate of drug-likeness (QED) is 0.767. The van der Waals surface area contributed by atoms with Gasteiger partial charge in [-0.05, 0) is 37.8 Å². The molecule has 4 heteroatoms. The van der Waals surface area contributed by atoms with Gasteiger partial charge in [0.2, 0.25) is 0 Å². The molecule has 0 saturated carbocycles. The fourth-order valence-corrected chi connectivity index (χ4v) is 2.26. The van der Waals surface area contributed by atoms with Crippen LogP contribution in [0.2, 0.25) is 5.15 Å². The van der Waals surface area contributed by atoms with Gasteiger partial charge in [0.1, 0.15) is 5.15 Å². The lowest BCUT2D eigenvalue weighted by atomic mass is 10.2. The van der Waals surface area contributed by atoms with Gasteiger partial charge >= 0.3 is 0 Å². The van der Waals surface area contributed by atoms with Crippen LogP contribution in [0.1, 0.15) is 31.2 Å². The van der Waals surface area contributed by atoms with Crippen molar-refractivity contribution in [2.45, 2.75) is 38.8 Å². The van der Waals surface area contributed by atoms with Crippen LogP contribution in [0.25, 0.3) is 0 Å². The van der Waals surface area contributed by atoms with Gasteiger partial charge in [0.15, 0.2) is 0 Å². The second kappa shape index (κ2) is 5.02. The number of hydrogen-bond acceptors (Lipinski definition) is 3. The molecule has 2 N–H and O–H groups in total. The first kappa shape index (κ1) is 11.7. The maximum absolute atomic E-state index is 6.16. The van der Waals surface area contributed by atoms with Crippen molar-refractivity contribution >= 4 is 17.3 Å². The van der Waals surface area contributed by atoms with Crippen molar-refractivity contribution < 1.29 is 0 Å². The molecule has 3 nitrogen and oxygen atoms in total. The third kappa shape index (κ3) is 2.47. The zero-order chi connectivity index (χ0) is 11.5. The van der Waals surface area contributed by atoms with Crippen LogP contribution in [0.3, 0.4) is 0 Å². The molecule has 16 heavy (non-hydrogen) atoms. The molecule has 0 aromatic carbocycles. The van der Waals surface area contributed by atoms with Crippen molar-refractivity contribution in [1.29, 1.82) is 0 Å². The highest BCUT2D eigenvalue weighted by Gasteiger charge is 2.18. The highest BCUT2D eigenvalue weighted by molar-refractivity contribution is 6.30. The number of aromatic nitrogens is 1. The van der Waals surface area contributed by atoms with E-state index in [-0.39, 0.29) is 6.17 Å². The van der Waals surface area contributed by atoms with Gasteiger partial charge in [-0.25, -0.2) is 4.98 Å². The fourth-order valence-electron chi connectivity index (χ4n) is 2.15. The normalized spacial score (nSPS) is 21.9. The van der Waals surface area contributed by atoms with Gasteiger partial charge in [0.25, 0.3) is 0 Å². The minimum absolute atomic E-state index is 0.116. The summed E-state index contributed by atoms with van der Waals surface area (Å²) in [4.78, 5) is 6.43. The molecule has 1 fully saturated rings. The molecule has 1 aliphatic heterocycles. The Hall–Kier alpha value is -0.800. The van der Waals surface area contributed by atoms with Crippen molar-refractivity contribution in [2.75, 3.05) is 11.4 Å². The number of nitrogens with zero attached hydrogens (tertiary/aromatic N) is 2. The first-order chi connectivity index (χ1) is 7.68. The molecule has 0 bridgehead atoms. The summed E-state index contributed by atoms with van der Waals surface area (Å²) in [6.07, 6.45) is 6.68. The predicted octanol–water partition coefficient (Wildman–Crippen LogP) is 2.71. The minimum atomic E-state index is 0.116. The number of rotatable bonds is 1. The van der Waals surface area contributed by atoms with E-state index in [1.807, 2.05) is 13.1 Å². The summed E-state index contributed by atoms with van der Waals surface area (Å²) in [7, 11) is 0. The molecule has 0 spiro atoms. The van der Waals surface area contributed by atoms with Gasteiger partial charge in [-0.2, -0.15) is 0 Å². The summed E-state index contributed by atoms with van der Waals surface area (Å²) >= 11 is 5.93. The molecule has 1 saturated heterocycles. The van der Waals surface area contributed by atoms with Crippen LogP contribution >= 0.6 is 11.6 Å². The van der Waals surface area contributed by atoms with Gasteiger partial charge in [-0.1, -0.05) is 18.0 Å². The van der Waals surface area contributed by atoms with Crippen LogP contribution in [-0.4, -0.2) is 17.7 Å². The second-order valence-corrected chi connectivity index (χ2v) is 4.77. The van der Waals surface area contributed by atoms with Gasteiger partial charge in [-0.3, -0.25) is 0 Å². The predicted molar refractivity (Wildman–Crippen MR) is 67.8 cm³/mol. The van der Waals surface area contributed by atoms with Crippen LogP contribution in [0.5, 0.6) is 0 Å². The molecule has 88 valence electrons. The molecule has 1 aliphatic rings. The number of nitrogens with two attached hydrogens (primary N) is 1. The minimum Gasteiger partial charge on any atom is -0.355 e. The standard InChI is InChI=1S/C12H18ClN3/c1-9-7-10(8-15-12(9)13)16-6-4-2-3-5-11(16)14/h7-8,11H,2-6,14H2,1H3. The van der Waals surface area contributed by atoms with Crippen LogP contribution < -0.4 is 10.6 Å². The third-order valence-corrected chi connectivity index (χ3v) is 3.53. The summed E-state index contributed by atoms with van der Waals surface area (Å²) in [5.74, 6) is 0. The number of pyridine rings is 1. The Kier molecular flexibility index (Phi) is 3.66. The topological polar surface area (TPSA) is 42.1 Å². The second-order valence-electron chi connectivity index (χ2n) is 4.41. The van der Waals surface area contributed by atoms with E-state index >= 15 is 0 Å². The van der Waals surface area contributed by atoms with E-state index in [0.29, 0.717) is 5.15 Å². The van der Waals surface area contributed by atoms with Crippen LogP contribution in [0.4, 0.5) is 5.69 Å². The van der Waals surface area contributed by atoms with Crippen LogP contribution in [-0.2, 0) is 0 Å². The largest absolute Gasteiger partial charge is 0.355 e. The van der Waals surface area contributed by atoms with Crippen molar-refractivity contribution in [3.05, 3.63) is 23.0 Å². The summed E-state index contributed by atoms with van der Waals surface area (Å²) in [6, 6.07) is 2.07. The smallest absolute Gasteiger partial charge is 0.132 e. The van der Waals surface area contributed by atoms with Crippen LogP contribution in [0.15, 0.2) is 12.3 Å². The van der Waals surface area contributed by atoms with E-state index in [9.17, 15) is 0 Å². The van der Waals surface area contributed by atoms with Gasteiger partial charge in [-0.15, -0.1) is 0 Å². The van der Waals surface area contributed by atoms with Crippen molar-refractivity contribution in [1.82, 2.24) is 4.98 Å². The highest BCUT2D eigenvalue weighted by atomic mass is 35.5. The molecule has 0 aliphatic carbocycles. The van der Waals surface area contributed by atoms with E-state index in [1.54, 1.807) is 0 Å². The lowest BCUT2D eigenvalue weighted by Gasteiger charge is -2.29. The maximum atomic E-state index is 6.16. The number of aryl methyl sites for hydroxylation is 1. The number of halogens is 1. The van der Waals surface area contributed by atoms with Crippen molar-refractivity contribution in [2.24, 2.45) is 5.73 Å². The van der Waals surface area contributed by atoms with E-state index in [1.165, 1.54) is 19.3 Å². The molecule has 2 heterocycles. The molecular weight excluding hydrogens is 222 g/mol. The van der Waals surface area contributed by atoms with Gasteiger partial charge in [0, 0.05) is 6.54 Å². The number of anilines is 1. The first-order valence-electron chi connectivity index (χ1n) is 5.83. The average molecular weight is 240 g/mol. The summed E-state index contributed by atoms with van der Waals surface area (Å²) in [6.45, 7) is 2.99. The van der Waals surface area contributed by atoms with E-state index in [0.717, 1.165) is 24.2 Å². The van der Waals surface area contributed by atoms with Gasteiger partial charge < -0.3 is 10.6 Å². The molecule has 1 aromatic rings. The lowest BCUT2D eigenvalue weighted by Crippen LogP contribution is -2.41. The zero-order valence-corrected chi connectivity index (χ0v) is 10.4. The Morgan fingerprint density at radius 2 is 2.25 bits per heavy atom. The summed E-state index contributed by atoms with van der Waals surface area (Å²) in [5, 5.41) is 0.576. The fraction of sp³-hybridized carbons (Fsp3) is 0.583. The molecular formula is C12H18ClN3. The van der Waals surface area contributed by atoms with Crippen molar-refractivity contribution in [3.8, 4) is 0 Å². The maximum Gasteiger partial charge on any atom is 0.132 e. The summed E-state index contributed by atoms with van der Waals surface area (Å²) < 4.78 is 0. The Bertz CT molecular complexity index is 367. The van der Waals surface area contributed by atoms with E-state index < -0.39 is 0 Å². The molecule has 1 unspecified atom stereocenters. The number of hydrogen-bond donors (Lipinski definition) is 1. The molecule has 1 aromatic heterocycles. The molecule has 0 radical (unpaired) electrons. The first-order valence-corrected chi connectivity index (χ1v) is 6.20. The highest BCUT2D eigenvalue weighted by Crippen LogP contribution is 2.24. The molecule has 1 atom stereocenters. The molecule has 0 amide bonds. The Balaban J connectivity index is 2.23. The average Bonchev–Trinajstić information content (AvgIpc) is 2.47. The zero-order valence-electron chi connectivity index (χ0n) is 9.62. The SMILES string of the molecule is Cc1cc(N2CCCCCC2N)cnc1Cl. The van der Waals surface area contributed by atoms with Crippen molar-refractivity contribution in [3.63, 3.8) is 0 Å². The monoisotopic (exact) mass is 239 g/mol. The summed E-state index contributed by atoms with van der Waals surface area (Å²) in [5.41, 5.74) is 8.27. The third-order valence-electron chi connectivity index (χ3n) is 3.13.